The molecule has 1 aromatic rings. The molecule has 1 aliphatic heterocycles. The van der Waals surface area contributed by atoms with Gasteiger partial charge in [-0.3, -0.25) is 9.59 Å². The SMILES string of the molecule is CC(=O)c1ccc(N2CCCNC(=O)C2)cc1Cl. The molecule has 0 bridgehead atoms. The predicted molar refractivity (Wildman–Crippen MR) is 71.3 cm³/mol. The molecule has 1 amide bonds. The van der Waals surface area contributed by atoms with Crippen molar-refractivity contribution in [3.63, 3.8) is 0 Å². The number of nitrogens with zero attached hydrogens (tertiary/aromatic N) is 1. The lowest BCUT2D eigenvalue weighted by molar-refractivity contribution is -0.119. The number of ketones is 1. The van der Waals surface area contributed by atoms with Crippen LogP contribution < -0.4 is 10.2 Å². The molecule has 0 aromatic heterocycles. The van der Waals surface area contributed by atoms with Gasteiger partial charge in [-0.25, -0.2) is 0 Å². The molecular formula is C13H15ClN2O2. The molecule has 0 spiro atoms. The Morgan fingerprint density at radius 1 is 1.44 bits per heavy atom. The standard InChI is InChI=1S/C13H15ClN2O2/c1-9(17)11-4-3-10(7-12(11)14)16-6-2-5-15-13(18)8-16/h3-4,7H,2,5-6,8H2,1H3,(H,15,18). The van der Waals surface area contributed by atoms with Crippen LogP contribution in [0.15, 0.2) is 18.2 Å². The summed E-state index contributed by atoms with van der Waals surface area (Å²) in [5.41, 5.74) is 1.39. The van der Waals surface area contributed by atoms with E-state index in [0.29, 0.717) is 23.7 Å². The lowest BCUT2D eigenvalue weighted by atomic mass is 10.1. The van der Waals surface area contributed by atoms with Gasteiger partial charge in [0.15, 0.2) is 5.78 Å². The summed E-state index contributed by atoms with van der Waals surface area (Å²) in [6.07, 6.45) is 0.901. The zero-order valence-electron chi connectivity index (χ0n) is 10.2. The number of carbonyl (C=O) groups excluding carboxylic acids is 2. The second-order valence-corrected chi connectivity index (χ2v) is 4.75. The first-order chi connectivity index (χ1) is 8.58. The Morgan fingerprint density at radius 3 is 2.89 bits per heavy atom. The summed E-state index contributed by atoms with van der Waals surface area (Å²) in [6, 6.07) is 5.29. The largest absolute Gasteiger partial charge is 0.362 e. The molecule has 1 saturated heterocycles. The molecule has 96 valence electrons. The molecule has 1 N–H and O–H groups in total. The summed E-state index contributed by atoms with van der Waals surface area (Å²) in [4.78, 5) is 24.8. The molecule has 0 unspecified atom stereocenters. The Kier molecular flexibility index (Phi) is 3.87. The summed E-state index contributed by atoms with van der Waals surface area (Å²) in [5.74, 6) is -0.0422. The van der Waals surface area contributed by atoms with Crippen LogP contribution in [-0.4, -0.2) is 31.3 Å². The van der Waals surface area contributed by atoms with E-state index in [2.05, 4.69) is 5.32 Å². The van der Waals surface area contributed by atoms with Gasteiger partial charge in [0.25, 0.3) is 0 Å². The monoisotopic (exact) mass is 266 g/mol. The van der Waals surface area contributed by atoms with E-state index in [1.807, 2.05) is 11.0 Å². The molecule has 1 fully saturated rings. The molecule has 5 heteroatoms. The highest BCUT2D eigenvalue weighted by molar-refractivity contribution is 6.34. The van der Waals surface area contributed by atoms with Crippen molar-refractivity contribution in [2.45, 2.75) is 13.3 Å². The molecule has 4 nitrogen and oxygen atoms in total. The number of rotatable bonds is 2. The highest BCUT2D eigenvalue weighted by atomic mass is 35.5. The Hall–Kier alpha value is -1.55. The average Bonchev–Trinajstić information content (AvgIpc) is 2.53. The van der Waals surface area contributed by atoms with Crippen LogP contribution in [0, 0.1) is 0 Å². The van der Waals surface area contributed by atoms with Crippen LogP contribution in [0.5, 0.6) is 0 Å². The number of halogens is 1. The average molecular weight is 267 g/mol. The number of anilines is 1. The topological polar surface area (TPSA) is 49.4 Å². The van der Waals surface area contributed by atoms with Gasteiger partial charge in [0, 0.05) is 24.3 Å². The fraction of sp³-hybridized carbons (Fsp3) is 0.385. The molecule has 1 aliphatic rings. The molecule has 0 radical (unpaired) electrons. The number of hydrogen-bond acceptors (Lipinski definition) is 3. The summed E-state index contributed by atoms with van der Waals surface area (Å²) in [7, 11) is 0. The van der Waals surface area contributed by atoms with Gasteiger partial charge in [-0.2, -0.15) is 0 Å². The van der Waals surface area contributed by atoms with Crippen molar-refractivity contribution < 1.29 is 9.59 Å². The van der Waals surface area contributed by atoms with Gasteiger partial charge in [0.2, 0.25) is 5.91 Å². The van der Waals surface area contributed by atoms with Gasteiger partial charge in [-0.05, 0) is 31.5 Å². The van der Waals surface area contributed by atoms with E-state index in [0.717, 1.165) is 18.7 Å². The Bertz CT molecular complexity index is 488. The van der Waals surface area contributed by atoms with E-state index in [1.165, 1.54) is 6.92 Å². The molecule has 0 atom stereocenters. The van der Waals surface area contributed by atoms with E-state index < -0.39 is 0 Å². The van der Waals surface area contributed by atoms with Crippen molar-refractivity contribution >= 4 is 29.0 Å². The normalized spacial score (nSPS) is 16.1. The van der Waals surface area contributed by atoms with Crippen LogP contribution in [0.4, 0.5) is 5.69 Å². The second-order valence-electron chi connectivity index (χ2n) is 4.35. The highest BCUT2D eigenvalue weighted by Crippen LogP contribution is 2.24. The minimum absolute atomic E-state index is 0.0132. The zero-order valence-corrected chi connectivity index (χ0v) is 11.0. The zero-order chi connectivity index (χ0) is 13.1. The minimum atomic E-state index is -0.0554. The van der Waals surface area contributed by atoms with Crippen molar-refractivity contribution in [3.05, 3.63) is 28.8 Å². The second kappa shape index (κ2) is 5.40. The van der Waals surface area contributed by atoms with Crippen molar-refractivity contribution in [2.24, 2.45) is 0 Å². The van der Waals surface area contributed by atoms with Crippen LogP contribution in [0.25, 0.3) is 0 Å². The van der Waals surface area contributed by atoms with Crippen LogP contribution in [0.3, 0.4) is 0 Å². The maximum absolute atomic E-state index is 11.5. The number of carbonyl (C=O) groups is 2. The number of nitrogens with one attached hydrogen (secondary N) is 1. The van der Waals surface area contributed by atoms with Crippen LogP contribution in [-0.2, 0) is 4.79 Å². The Labute approximate surface area is 111 Å². The number of amides is 1. The van der Waals surface area contributed by atoms with Crippen molar-refractivity contribution in [1.29, 1.82) is 0 Å². The number of benzene rings is 1. The maximum atomic E-state index is 11.5. The first-order valence-electron chi connectivity index (χ1n) is 5.90. The number of hydrogen-bond donors (Lipinski definition) is 1. The molecular weight excluding hydrogens is 252 g/mol. The molecule has 18 heavy (non-hydrogen) atoms. The smallest absolute Gasteiger partial charge is 0.239 e. The van der Waals surface area contributed by atoms with Crippen molar-refractivity contribution in [2.75, 3.05) is 24.5 Å². The molecule has 2 rings (SSSR count). The molecule has 0 saturated carbocycles. The Balaban J connectivity index is 2.25. The fourth-order valence-electron chi connectivity index (χ4n) is 2.01. The lowest BCUT2D eigenvalue weighted by Gasteiger charge is -2.21. The van der Waals surface area contributed by atoms with Gasteiger partial charge in [0.05, 0.1) is 11.6 Å². The fourth-order valence-corrected chi connectivity index (χ4v) is 2.32. The van der Waals surface area contributed by atoms with E-state index in [-0.39, 0.29) is 11.7 Å². The summed E-state index contributed by atoms with van der Waals surface area (Å²) in [5, 5.41) is 3.26. The predicted octanol–water partition coefficient (Wildman–Crippen LogP) is 1.87. The quantitative estimate of drug-likeness (QED) is 0.832. The van der Waals surface area contributed by atoms with Crippen molar-refractivity contribution in [1.82, 2.24) is 5.32 Å². The van der Waals surface area contributed by atoms with Crippen LogP contribution in [0.1, 0.15) is 23.7 Å². The first kappa shape index (κ1) is 12.9. The van der Waals surface area contributed by atoms with E-state index >= 15 is 0 Å². The lowest BCUT2D eigenvalue weighted by Crippen LogP contribution is -2.33. The van der Waals surface area contributed by atoms with Gasteiger partial charge in [0.1, 0.15) is 0 Å². The molecule has 1 heterocycles. The Morgan fingerprint density at radius 2 is 2.22 bits per heavy atom. The third kappa shape index (κ3) is 2.82. The van der Waals surface area contributed by atoms with Crippen LogP contribution >= 0.6 is 11.6 Å². The van der Waals surface area contributed by atoms with Gasteiger partial charge < -0.3 is 10.2 Å². The van der Waals surface area contributed by atoms with E-state index in [1.54, 1.807) is 12.1 Å². The van der Waals surface area contributed by atoms with Gasteiger partial charge >= 0.3 is 0 Å². The van der Waals surface area contributed by atoms with Gasteiger partial charge in [-0.15, -0.1) is 0 Å². The summed E-state index contributed by atoms with van der Waals surface area (Å²) < 4.78 is 0. The minimum Gasteiger partial charge on any atom is -0.362 e. The third-order valence-electron chi connectivity index (χ3n) is 2.96. The highest BCUT2D eigenvalue weighted by Gasteiger charge is 2.16. The van der Waals surface area contributed by atoms with Crippen LogP contribution in [0.2, 0.25) is 5.02 Å². The van der Waals surface area contributed by atoms with Gasteiger partial charge in [-0.1, -0.05) is 11.6 Å². The summed E-state index contributed by atoms with van der Waals surface area (Å²) >= 11 is 6.07. The number of Topliss-reactive ketones (excluding diaryl/α,β-unsaturated/α-hetero) is 1. The molecule has 1 aromatic carbocycles. The summed E-state index contributed by atoms with van der Waals surface area (Å²) in [6.45, 7) is 3.32. The maximum Gasteiger partial charge on any atom is 0.239 e. The third-order valence-corrected chi connectivity index (χ3v) is 3.27. The molecule has 0 aliphatic carbocycles. The van der Waals surface area contributed by atoms with Crippen molar-refractivity contribution in [3.8, 4) is 0 Å². The first-order valence-corrected chi connectivity index (χ1v) is 6.28. The van der Waals surface area contributed by atoms with E-state index in [4.69, 9.17) is 11.6 Å². The van der Waals surface area contributed by atoms with E-state index in [9.17, 15) is 9.59 Å².